The topological polar surface area (TPSA) is 39.1 Å². The van der Waals surface area contributed by atoms with E-state index >= 15 is 0 Å². The molecule has 2 fully saturated rings. The van der Waals surface area contributed by atoms with Gasteiger partial charge in [-0.25, -0.2) is 0 Å². The van der Waals surface area contributed by atoms with Crippen molar-refractivity contribution in [2.75, 3.05) is 11.9 Å². The average molecular weight is 291 g/mol. The van der Waals surface area contributed by atoms with Crippen LogP contribution in [-0.2, 0) is 4.74 Å². The van der Waals surface area contributed by atoms with Gasteiger partial charge in [-0.3, -0.25) is 4.68 Å². The van der Waals surface area contributed by atoms with Crippen molar-refractivity contribution in [3.63, 3.8) is 0 Å². The summed E-state index contributed by atoms with van der Waals surface area (Å²) in [4.78, 5) is 0. The molecule has 2 unspecified atom stereocenters. The number of ether oxygens (including phenoxy) is 1. The molecule has 0 amide bonds. The van der Waals surface area contributed by atoms with Crippen LogP contribution in [0.2, 0.25) is 0 Å². The first-order valence-electron chi connectivity index (χ1n) is 8.43. The van der Waals surface area contributed by atoms with Crippen LogP contribution in [0.5, 0.6) is 0 Å². The summed E-state index contributed by atoms with van der Waals surface area (Å²) in [5, 5.41) is 8.50. The molecule has 21 heavy (non-hydrogen) atoms. The van der Waals surface area contributed by atoms with Crippen LogP contribution in [0.1, 0.15) is 63.9 Å². The van der Waals surface area contributed by atoms with Gasteiger partial charge in [0, 0.05) is 24.1 Å². The van der Waals surface area contributed by atoms with Crippen LogP contribution >= 0.6 is 0 Å². The number of aryl methyl sites for hydroxylation is 1. The Morgan fingerprint density at radius 1 is 1.38 bits per heavy atom. The molecular weight excluding hydrogens is 262 g/mol. The van der Waals surface area contributed by atoms with Crippen molar-refractivity contribution in [1.82, 2.24) is 9.78 Å². The van der Waals surface area contributed by atoms with E-state index in [1.807, 2.05) is 0 Å². The summed E-state index contributed by atoms with van der Waals surface area (Å²) >= 11 is 0. The molecule has 118 valence electrons. The zero-order valence-corrected chi connectivity index (χ0v) is 14.1. The fourth-order valence-electron chi connectivity index (χ4n) is 4.19. The van der Waals surface area contributed by atoms with Gasteiger partial charge in [-0.1, -0.05) is 6.42 Å². The van der Waals surface area contributed by atoms with Crippen molar-refractivity contribution in [3.8, 4) is 0 Å². The molecule has 1 aromatic heterocycles. The Balaban J connectivity index is 1.76. The second-order valence-electron chi connectivity index (χ2n) is 7.05. The molecule has 2 aliphatic carbocycles. The van der Waals surface area contributed by atoms with E-state index < -0.39 is 0 Å². The molecule has 0 aromatic carbocycles. The Morgan fingerprint density at radius 2 is 2.10 bits per heavy atom. The summed E-state index contributed by atoms with van der Waals surface area (Å²) in [6.07, 6.45) is 5.58. The fourth-order valence-corrected chi connectivity index (χ4v) is 4.19. The van der Waals surface area contributed by atoms with Gasteiger partial charge in [0.05, 0.1) is 23.2 Å². The first kappa shape index (κ1) is 14.9. The Morgan fingerprint density at radius 3 is 2.57 bits per heavy atom. The van der Waals surface area contributed by atoms with Gasteiger partial charge in [-0.05, 0) is 53.9 Å². The Kier molecular flexibility index (Phi) is 3.76. The van der Waals surface area contributed by atoms with Gasteiger partial charge < -0.3 is 10.1 Å². The predicted octanol–water partition coefficient (Wildman–Crippen LogP) is 3.84. The van der Waals surface area contributed by atoms with Crippen molar-refractivity contribution in [1.29, 1.82) is 0 Å². The monoisotopic (exact) mass is 291 g/mol. The summed E-state index contributed by atoms with van der Waals surface area (Å²) in [5.41, 5.74) is 4.02. The molecule has 0 aliphatic heterocycles. The second-order valence-corrected chi connectivity index (χ2v) is 7.05. The first-order valence-corrected chi connectivity index (χ1v) is 8.43. The van der Waals surface area contributed by atoms with E-state index in [0.717, 1.165) is 18.7 Å². The van der Waals surface area contributed by atoms with E-state index in [9.17, 15) is 0 Å². The highest BCUT2D eigenvalue weighted by Crippen LogP contribution is 2.58. The summed E-state index contributed by atoms with van der Waals surface area (Å²) in [6.45, 7) is 11.6. The van der Waals surface area contributed by atoms with E-state index in [0.29, 0.717) is 23.6 Å². The van der Waals surface area contributed by atoms with Crippen molar-refractivity contribution in [2.24, 2.45) is 5.41 Å². The maximum Gasteiger partial charge on any atom is 0.0828 e. The molecule has 1 spiro atoms. The molecule has 2 atom stereocenters. The summed E-state index contributed by atoms with van der Waals surface area (Å²) in [6, 6.07) is 0.972. The lowest BCUT2D eigenvalue weighted by Gasteiger charge is -2.61. The predicted molar refractivity (Wildman–Crippen MR) is 85.8 cm³/mol. The van der Waals surface area contributed by atoms with Gasteiger partial charge in [0.25, 0.3) is 0 Å². The Hall–Kier alpha value is -1.03. The van der Waals surface area contributed by atoms with Crippen molar-refractivity contribution >= 4 is 5.69 Å². The summed E-state index contributed by atoms with van der Waals surface area (Å²) < 4.78 is 8.08. The normalized spacial score (nSPS) is 26.8. The molecule has 0 radical (unpaired) electrons. The highest BCUT2D eigenvalue weighted by Gasteiger charge is 2.59. The lowest BCUT2D eigenvalue weighted by molar-refractivity contribution is -0.157. The standard InChI is InChI=1S/C17H29N3O/c1-6-21-15-10-14(17(15)8-7-9-17)18-16-12(4)19-20(11(2)3)13(16)5/h11,14-15,18H,6-10H2,1-5H3. The third-order valence-corrected chi connectivity index (χ3v) is 5.57. The summed E-state index contributed by atoms with van der Waals surface area (Å²) in [7, 11) is 0. The van der Waals surface area contributed by atoms with Crippen LogP contribution in [0, 0.1) is 19.3 Å². The van der Waals surface area contributed by atoms with Crippen LogP contribution < -0.4 is 5.32 Å². The zero-order valence-electron chi connectivity index (χ0n) is 14.1. The van der Waals surface area contributed by atoms with E-state index in [1.54, 1.807) is 0 Å². The minimum Gasteiger partial charge on any atom is -0.379 e. The molecule has 1 heterocycles. The number of nitrogens with zero attached hydrogens (tertiary/aromatic N) is 2. The van der Waals surface area contributed by atoms with Crippen LogP contribution in [0.15, 0.2) is 0 Å². The SMILES string of the molecule is CCOC1CC(Nc2c(C)nn(C(C)C)c2C)C12CCC2. The van der Waals surface area contributed by atoms with Crippen molar-refractivity contribution in [3.05, 3.63) is 11.4 Å². The van der Waals surface area contributed by atoms with Crippen LogP contribution in [-0.4, -0.2) is 28.5 Å². The number of anilines is 1. The molecule has 4 heteroatoms. The molecule has 1 N–H and O–H groups in total. The number of aromatic nitrogens is 2. The van der Waals surface area contributed by atoms with Crippen LogP contribution in [0.25, 0.3) is 0 Å². The zero-order chi connectivity index (χ0) is 15.2. The summed E-state index contributed by atoms with van der Waals surface area (Å²) in [5.74, 6) is 0. The van der Waals surface area contributed by atoms with Crippen molar-refractivity contribution in [2.45, 2.75) is 78.5 Å². The molecule has 3 rings (SSSR count). The third kappa shape index (κ3) is 2.19. The number of hydrogen-bond acceptors (Lipinski definition) is 3. The Bertz CT molecular complexity index is 516. The van der Waals surface area contributed by atoms with Gasteiger partial charge in [-0.2, -0.15) is 5.10 Å². The van der Waals surface area contributed by atoms with Gasteiger partial charge in [0.1, 0.15) is 0 Å². The number of hydrogen-bond donors (Lipinski definition) is 1. The van der Waals surface area contributed by atoms with E-state index in [4.69, 9.17) is 9.84 Å². The minimum absolute atomic E-state index is 0.398. The fraction of sp³-hybridized carbons (Fsp3) is 0.824. The van der Waals surface area contributed by atoms with Crippen molar-refractivity contribution < 1.29 is 4.74 Å². The van der Waals surface area contributed by atoms with E-state index in [1.165, 1.54) is 30.6 Å². The molecule has 2 saturated carbocycles. The molecule has 0 saturated heterocycles. The van der Waals surface area contributed by atoms with Gasteiger partial charge in [-0.15, -0.1) is 0 Å². The molecule has 2 aliphatic rings. The highest BCUT2D eigenvalue weighted by atomic mass is 16.5. The van der Waals surface area contributed by atoms with E-state index in [2.05, 4.69) is 44.6 Å². The van der Waals surface area contributed by atoms with Gasteiger partial charge >= 0.3 is 0 Å². The second kappa shape index (κ2) is 5.31. The molecule has 0 bridgehead atoms. The number of nitrogens with one attached hydrogen (secondary N) is 1. The molecular formula is C17H29N3O. The lowest BCUT2D eigenvalue weighted by Crippen LogP contribution is -2.64. The first-order chi connectivity index (χ1) is 9.99. The third-order valence-electron chi connectivity index (χ3n) is 5.57. The number of rotatable bonds is 5. The largest absolute Gasteiger partial charge is 0.379 e. The lowest BCUT2D eigenvalue weighted by atomic mass is 9.51. The average Bonchev–Trinajstić information content (AvgIpc) is 2.63. The van der Waals surface area contributed by atoms with Crippen LogP contribution in [0.4, 0.5) is 5.69 Å². The maximum atomic E-state index is 5.95. The van der Waals surface area contributed by atoms with Crippen LogP contribution in [0.3, 0.4) is 0 Å². The highest BCUT2D eigenvalue weighted by molar-refractivity contribution is 5.54. The molecule has 1 aromatic rings. The van der Waals surface area contributed by atoms with E-state index in [-0.39, 0.29) is 0 Å². The van der Waals surface area contributed by atoms with Gasteiger partial charge in [0.2, 0.25) is 0 Å². The van der Waals surface area contributed by atoms with Gasteiger partial charge in [0.15, 0.2) is 0 Å². The maximum absolute atomic E-state index is 5.95. The smallest absolute Gasteiger partial charge is 0.0828 e. The Labute approximate surface area is 128 Å². The molecule has 4 nitrogen and oxygen atoms in total. The quantitative estimate of drug-likeness (QED) is 0.896. The minimum atomic E-state index is 0.398.